The zero-order valence-electron chi connectivity index (χ0n) is 21.1. The molecule has 0 atom stereocenters. The number of carbonyl (C=O) groups excluding carboxylic acids is 2. The van der Waals surface area contributed by atoms with Gasteiger partial charge in [0.25, 0.3) is 0 Å². The molecule has 0 spiro atoms. The SMILES string of the molecule is O=C(NN=Cc1ccccc1OCc1ccc(Cl)cc1)C(=O)NN=Cc1ccccc1OCc1ccc(Cl)cc1. The maximum atomic E-state index is 12.2. The predicted molar refractivity (Wildman–Crippen MR) is 156 cm³/mol. The van der Waals surface area contributed by atoms with Crippen LogP contribution in [0.5, 0.6) is 11.5 Å². The van der Waals surface area contributed by atoms with Gasteiger partial charge in [-0.15, -0.1) is 0 Å². The molecule has 0 aliphatic heterocycles. The molecular formula is C30H24Cl2N4O4. The number of hydrazone groups is 2. The Balaban J connectivity index is 1.27. The smallest absolute Gasteiger partial charge is 0.331 e. The summed E-state index contributed by atoms with van der Waals surface area (Å²) in [5, 5.41) is 9.02. The summed E-state index contributed by atoms with van der Waals surface area (Å²) in [7, 11) is 0. The molecule has 0 aromatic heterocycles. The van der Waals surface area contributed by atoms with Crippen LogP contribution in [0.2, 0.25) is 10.0 Å². The van der Waals surface area contributed by atoms with E-state index in [-0.39, 0.29) is 0 Å². The average Bonchev–Trinajstić information content (AvgIpc) is 2.97. The molecule has 10 heteroatoms. The highest BCUT2D eigenvalue weighted by atomic mass is 35.5. The Hall–Kier alpha value is -4.66. The van der Waals surface area contributed by atoms with Gasteiger partial charge in [0.15, 0.2) is 0 Å². The summed E-state index contributed by atoms with van der Waals surface area (Å²) in [6.45, 7) is 0.647. The number of ether oxygens (including phenoxy) is 2. The number of nitrogens with zero attached hydrogens (tertiary/aromatic N) is 2. The molecule has 4 rings (SSSR count). The van der Waals surface area contributed by atoms with Gasteiger partial charge in [0.1, 0.15) is 24.7 Å². The van der Waals surface area contributed by atoms with Crippen LogP contribution in [-0.4, -0.2) is 24.2 Å². The first-order chi connectivity index (χ1) is 19.5. The van der Waals surface area contributed by atoms with E-state index in [1.54, 1.807) is 60.7 Å². The summed E-state index contributed by atoms with van der Waals surface area (Å²) in [4.78, 5) is 24.3. The van der Waals surface area contributed by atoms with Crippen molar-refractivity contribution in [2.45, 2.75) is 13.2 Å². The molecule has 0 aliphatic carbocycles. The van der Waals surface area contributed by atoms with Crippen LogP contribution in [0.15, 0.2) is 107 Å². The Morgan fingerprint density at radius 1 is 0.600 bits per heavy atom. The van der Waals surface area contributed by atoms with Crippen LogP contribution in [0.25, 0.3) is 0 Å². The predicted octanol–water partition coefficient (Wildman–Crippen LogP) is 5.75. The molecule has 8 nitrogen and oxygen atoms in total. The van der Waals surface area contributed by atoms with Crippen molar-refractivity contribution in [2.75, 3.05) is 0 Å². The van der Waals surface area contributed by atoms with Crippen molar-refractivity contribution in [1.29, 1.82) is 0 Å². The van der Waals surface area contributed by atoms with Crippen molar-refractivity contribution in [1.82, 2.24) is 10.9 Å². The molecule has 0 saturated carbocycles. The number of amides is 2. The van der Waals surface area contributed by atoms with Gasteiger partial charge in [0, 0.05) is 21.2 Å². The first-order valence-corrected chi connectivity index (χ1v) is 12.8. The topological polar surface area (TPSA) is 101 Å². The molecule has 4 aromatic rings. The van der Waals surface area contributed by atoms with Gasteiger partial charge in [0.05, 0.1) is 12.4 Å². The normalized spacial score (nSPS) is 10.9. The first kappa shape index (κ1) is 28.4. The molecule has 0 fully saturated rings. The van der Waals surface area contributed by atoms with Crippen LogP contribution in [0.1, 0.15) is 22.3 Å². The molecule has 40 heavy (non-hydrogen) atoms. The lowest BCUT2D eigenvalue weighted by atomic mass is 10.2. The molecular weight excluding hydrogens is 551 g/mol. The highest BCUT2D eigenvalue weighted by Gasteiger charge is 2.12. The van der Waals surface area contributed by atoms with Crippen LogP contribution >= 0.6 is 23.2 Å². The molecule has 202 valence electrons. The Kier molecular flexibility index (Phi) is 10.3. The number of hydrogen-bond donors (Lipinski definition) is 2. The lowest BCUT2D eigenvalue weighted by Gasteiger charge is -2.09. The second kappa shape index (κ2) is 14.5. The van der Waals surface area contributed by atoms with Gasteiger partial charge in [0.2, 0.25) is 0 Å². The standard InChI is InChI=1S/C30H24Cl2N4O4/c31-25-13-9-21(10-14-25)19-39-27-7-3-1-5-23(27)17-33-35-29(37)30(38)36-34-18-24-6-2-4-8-28(24)40-20-22-11-15-26(32)16-12-22/h1-18H,19-20H2,(H,35,37)(H,36,38). The fourth-order valence-corrected chi connectivity index (χ4v) is 3.60. The third-order valence-electron chi connectivity index (χ3n) is 5.40. The minimum absolute atomic E-state index is 0.323. The van der Waals surface area contributed by atoms with E-state index in [1.165, 1.54) is 12.4 Å². The number of rotatable bonds is 10. The van der Waals surface area contributed by atoms with Crippen LogP contribution in [0.3, 0.4) is 0 Å². The average molecular weight is 575 g/mol. The van der Waals surface area contributed by atoms with Gasteiger partial charge in [-0.05, 0) is 59.7 Å². The van der Waals surface area contributed by atoms with Crippen molar-refractivity contribution in [3.8, 4) is 11.5 Å². The van der Waals surface area contributed by atoms with E-state index in [1.807, 2.05) is 36.4 Å². The fraction of sp³-hybridized carbons (Fsp3) is 0.0667. The van der Waals surface area contributed by atoms with Crippen molar-refractivity contribution in [3.05, 3.63) is 129 Å². The van der Waals surface area contributed by atoms with Crippen LogP contribution in [0.4, 0.5) is 0 Å². The maximum absolute atomic E-state index is 12.2. The zero-order valence-corrected chi connectivity index (χ0v) is 22.6. The molecule has 4 aromatic carbocycles. The molecule has 0 heterocycles. The monoisotopic (exact) mass is 574 g/mol. The number of nitrogens with one attached hydrogen (secondary N) is 2. The number of halogens is 2. The van der Waals surface area contributed by atoms with Crippen LogP contribution in [-0.2, 0) is 22.8 Å². The van der Waals surface area contributed by atoms with Crippen molar-refractivity contribution >= 4 is 47.4 Å². The number of hydrogen-bond acceptors (Lipinski definition) is 6. The quantitative estimate of drug-likeness (QED) is 0.143. The minimum atomic E-state index is -0.986. The molecule has 0 saturated heterocycles. The lowest BCUT2D eigenvalue weighted by Crippen LogP contribution is -2.35. The number of benzene rings is 4. The van der Waals surface area contributed by atoms with E-state index in [0.717, 1.165) is 11.1 Å². The fourth-order valence-electron chi connectivity index (χ4n) is 3.34. The number of para-hydroxylation sites is 2. The van der Waals surface area contributed by atoms with Crippen LogP contribution < -0.4 is 20.3 Å². The summed E-state index contributed by atoms with van der Waals surface area (Å²) < 4.78 is 11.7. The summed E-state index contributed by atoms with van der Waals surface area (Å²) in [5.74, 6) is -0.858. The Bertz CT molecular complexity index is 1390. The minimum Gasteiger partial charge on any atom is -0.488 e. The molecule has 0 aliphatic rings. The third kappa shape index (κ3) is 8.69. The van der Waals surface area contributed by atoms with Gasteiger partial charge >= 0.3 is 11.8 Å². The first-order valence-electron chi connectivity index (χ1n) is 12.1. The van der Waals surface area contributed by atoms with E-state index in [4.69, 9.17) is 32.7 Å². The summed E-state index contributed by atoms with van der Waals surface area (Å²) in [6, 6.07) is 28.9. The molecule has 2 amide bonds. The number of carbonyl (C=O) groups is 2. The highest BCUT2D eigenvalue weighted by molar-refractivity contribution is 6.35. The van der Waals surface area contributed by atoms with Gasteiger partial charge in [-0.1, -0.05) is 71.7 Å². The molecule has 0 radical (unpaired) electrons. The molecule has 0 bridgehead atoms. The molecule has 0 unspecified atom stereocenters. The highest BCUT2D eigenvalue weighted by Crippen LogP contribution is 2.19. The summed E-state index contributed by atoms with van der Waals surface area (Å²) in [5.41, 5.74) is 7.48. The Labute approximate surface area is 241 Å². The van der Waals surface area contributed by atoms with Gasteiger partial charge < -0.3 is 9.47 Å². The van der Waals surface area contributed by atoms with Crippen LogP contribution in [0, 0.1) is 0 Å². The largest absolute Gasteiger partial charge is 0.488 e. The third-order valence-corrected chi connectivity index (χ3v) is 5.90. The zero-order chi connectivity index (χ0) is 28.2. The van der Waals surface area contributed by atoms with Crippen molar-refractivity contribution < 1.29 is 19.1 Å². The van der Waals surface area contributed by atoms with E-state index >= 15 is 0 Å². The van der Waals surface area contributed by atoms with Gasteiger partial charge in [-0.3, -0.25) is 9.59 Å². The van der Waals surface area contributed by atoms with Gasteiger partial charge in [-0.2, -0.15) is 10.2 Å². The second-order valence-corrected chi connectivity index (χ2v) is 9.18. The van der Waals surface area contributed by atoms with E-state index in [9.17, 15) is 9.59 Å². The maximum Gasteiger partial charge on any atom is 0.331 e. The summed E-state index contributed by atoms with van der Waals surface area (Å²) in [6.07, 6.45) is 2.78. The summed E-state index contributed by atoms with van der Waals surface area (Å²) >= 11 is 11.8. The molecule has 2 N–H and O–H groups in total. The van der Waals surface area contributed by atoms with Crippen molar-refractivity contribution in [2.24, 2.45) is 10.2 Å². The lowest BCUT2D eigenvalue weighted by molar-refractivity contribution is -0.139. The second-order valence-electron chi connectivity index (χ2n) is 8.30. The van der Waals surface area contributed by atoms with E-state index in [2.05, 4.69) is 21.1 Å². The van der Waals surface area contributed by atoms with E-state index < -0.39 is 11.8 Å². The Morgan fingerprint density at radius 2 is 0.975 bits per heavy atom. The van der Waals surface area contributed by atoms with Gasteiger partial charge in [-0.25, -0.2) is 10.9 Å². The Morgan fingerprint density at radius 3 is 1.38 bits per heavy atom. The van der Waals surface area contributed by atoms with E-state index in [0.29, 0.717) is 45.9 Å². The van der Waals surface area contributed by atoms with Crippen molar-refractivity contribution in [3.63, 3.8) is 0 Å².